The van der Waals surface area contributed by atoms with Crippen LogP contribution >= 0.6 is 43.2 Å². The maximum atomic E-state index is 14.7. The van der Waals surface area contributed by atoms with Crippen molar-refractivity contribution >= 4 is 154 Å². The molecule has 0 aliphatic carbocycles. The lowest BCUT2D eigenvalue weighted by molar-refractivity contribution is -0.136. The minimum atomic E-state index is -1.66. The summed E-state index contributed by atoms with van der Waals surface area (Å²) in [5.74, 6) is -12.9. The Bertz CT molecular complexity index is 5240. The van der Waals surface area contributed by atoms with Gasteiger partial charge in [0.25, 0.3) is 5.97 Å². The van der Waals surface area contributed by atoms with Crippen molar-refractivity contribution in [3.63, 3.8) is 0 Å². The van der Waals surface area contributed by atoms with Gasteiger partial charge >= 0.3 is 0 Å². The third-order valence-corrected chi connectivity index (χ3v) is 28.5. The van der Waals surface area contributed by atoms with Crippen molar-refractivity contribution in [2.75, 3.05) is 49.3 Å². The fraction of sp³-hybridized carbons (Fsp3) is 0.450. The van der Waals surface area contributed by atoms with Gasteiger partial charge in [-0.3, -0.25) is 71.9 Å². The maximum absolute atomic E-state index is 14.7. The number of aliphatic carboxylic acids is 1. The van der Waals surface area contributed by atoms with Crippen LogP contribution in [0.1, 0.15) is 107 Å². The predicted octanol–water partition coefficient (Wildman–Crippen LogP) is -1.52. The quantitative estimate of drug-likeness (QED) is 0.0161. The van der Waals surface area contributed by atoms with E-state index in [1.54, 1.807) is 122 Å². The zero-order chi connectivity index (χ0) is 106. The Morgan fingerprint density at radius 1 is 0.370 bits per heavy atom. The van der Waals surface area contributed by atoms with E-state index in [2.05, 4.69) is 84.4 Å². The van der Waals surface area contributed by atoms with Crippen molar-refractivity contribution in [3.05, 3.63) is 216 Å². The molecule has 6 aromatic carbocycles. The summed E-state index contributed by atoms with van der Waals surface area (Å²) in [7, 11) is 4.12. The number of aromatic nitrogens is 2. The summed E-state index contributed by atoms with van der Waals surface area (Å²) in [6.07, 6.45) is -0.312. The number of carbonyl (C=O) groups excluding carboxylic acids is 14. The van der Waals surface area contributed by atoms with Gasteiger partial charge in [-0.25, -0.2) is 0 Å². The molecule has 14 amide bonds. The number of nitrogens with two attached hydrogens (primary N) is 4. The van der Waals surface area contributed by atoms with E-state index in [9.17, 15) is 97.8 Å². The molecule has 2 aromatic heterocycles. The average Bonchev–Trinajstić information content (AvgIpc) is 1.61. The zero-order valence-electron chi connectivity index (χ0n) is 81.7. The number of aliphatic hydroxyl groups excluding tert-OH is 6. The van der Waals surface area contributed by atoms with Crippen molar-refractivity contribution in [1.82, 2.24) is 84.4 Å². The summed E-state index contributed by atoms with van der Waals surface area (Å²) in [5, 5.41) is 108. The van der Waals surface area contributed by atoms with E-state index in [-0.39, 0.29) is 87.5 Å². The van der Waals surface area contributed by atoms with Gasteiger partial charge in [-0.1, -0.05) is 201 Å². The number of hydrogen-bond acceptors (Lipinski definition) is 29. The molecule has 2 fully saturated rings. The fourth-order valence-electron chi connectivity index (χ4n) is 15.5. The van der Waals surface area contributed by atoms with E-state index in [1.807, 2.05) is 60.7 Å². The van der Waals surface area contributed by atoms with E-state index in [1.165, 1.54) is 27.7 Å². The molecule has 0 bridgehead atoms. The van der Waals surface area contributed by atoms with Crippen LogP contribution in [0.5, 0.6) is 0 Å². The molecule has 8 aromatic rings. The van der Waals surface area contributed by atoms with E-state index in [4.69, 9.17) is 32.8 Å². The highest BCUT2D eigenvalue weighted by Gasteiger charge is 2.41. The lowest BCUT2D eigenvalue weighted by atomic mass is 10.0. The van der Waals surface area contributed by atoms with E-state index >= 15 is 0 Å². The number of carbonyl (C=O) groups is 15. The van der Waals surface area contributed by atoms with E-state index in [0.717, 1.165) is 83.0 Å². The van der Waals surface area contributed by atoms with Gasteiger partial charge in [0.15, 0.2) is 0 Å². The molecule has 0 spiro atoms. The molecule has 792 valence electrons. The molecule has 20 atom stereocenters. The monoisotopic (exact) mass is 2100 g/mol. The Morgan fingerprint density at radius 2 is 0.658 bits per heavy atom. The smallest absolute Gasteiger partial charge is 0.300 e. The highest BCUT2D eigenvalue weighted by Crippen LogP contribution is 2.28. The number of hydrogen-bond donors (Lipinski definition) is 27. The van der Waals surface area contributed by atoms with Crippen LogP contribution in [-0.2, 0) is 110 Å². The molecule has 2 saturated heterocycles. The number of unbranched alkanes of at least 4 members (excludes halogenated alkanes) is 2. The molecule has 42 nitrogen and oxygen atoms in total. The van der Waals surface area contributed by atoms with Crippen LogP contribution in [0.4, 0.5) is 0 Å². The molecule has 10 rings (SSSR count). The fourth-order valence-corrected chi connectivity index (χ4v) is 20.1. The summed E-state index contributed by atoms with van der Waals surface area (Å²) in [6, 6.07) is 29.2. The van der Waals surface area contributed by atoms with Gasteiger partial charge in [0.1, 0.15) is 72.5 Å². The third-order valence-electron chi connectivity index (χ3n) is 23.7. The maximum Gasteiger partial charge on any atom is 0.300 e. The number of nitrogens with one attached hydrogen (secondary N) is 16. The first-order chi connectivity index (χ1) is 69.9. The van der Waals surface area contributed by atoms with Crippen LogP contribution < -0.4 is 97.4 Å². The Labute approximate surface area is 861 Å². The van der Waals surface area contributed by atoms with E-state index in [0.29, 0.717) is 47.9 Å². The summed E-state index contributed by atoms with van der Waals surface area (Å²) in [5.41, 5.74) is 30.0. The second-order valence-electron chi connectivity index (χ2n) is 35.5. The van der Waals surface area contributed by atoms with Crippen LogP contribution in [0, 0.1) is 0 Å². The molecule has 4 heterocycles. The van der Waals surface area contributed by atoms with Crippen LogP contribution in [0.15, 0.2) is 182 Å². The number of benzene rings is 6. The van der Waals surface area contributed by atoms with Gasteiger partial charge in [0.2, 0.25) is 82.7 Å². The molecule has 2 aliphatic heterocycles. The van der Waals surface area contributed by atoms with Gasteiger partial charge in [-0.15, -0.1) is 0 Å². The number of aromatic amines is 2. The minimum Gasteiger partial charge on any atom is -0.481 e. The van der Waals surface area contributed by atoms with Crippen molar-refractivity contribution in [1.29, 1.82) is 0 Å². The molecule has 146 heavy (non-hydrogen) atoms. The summed E-state index contributed by atoms with van der Waals surface area (Å²) < 4.78 is 0. The minimum absolute atomic E-state index is 0.0340. The van der Waals surface area contributed by atoms with Crippen molar-refractivity contribution in [3.8, 4) is 0 Å². The Morgan fingerprint density at radius 3 is 0.973 bits per heavy atom. The molecular weight excluding hydrogens is 1960 g/mol. The second kappa shape index (κ2) is 61.8. The zero-order valence-corrected chi connectivity index (χ0v) is 85.0. The van der Waals surface area contributed by atoms with Crippen LogP contribution in [0.3, 0.4) is 0 Å². The molecule has 2 unspecified atom stereocenters. The average molecular weight is 2100 g/mol. The summed E-state index contributed by atoms with van der Waals surface area (Å²) in [6.45, 7) is 5.54. The highest BCUT2D eigenvalue weighted by molar-refractivity contribution is 8.77. The van der Waals surface area contributed by atoms with Crippen LogP contribution in [0.25, 0.3) is 21.8 Å². The van der Waals surface area contributed by atoms with Crippen LogP contribution in [-0.4, -0.2) is 305 Å². The first kappa shape index (κ1) is 119. The van der Waals surface area contributed by atoms with Gasteiger partial charge in [0.05, 0.1) is 61.8 Å². The number of amides is 14. The molecule has 46 heteroatoms. The number of para-hydroxylation sites is 2. The Kier molecular flexibility index (Phi) is 50.2. The standard InChI is InChI=1S/2C49H66N10O10S2.C2H4O2/c2*1-28(61)39(25-60)56-48(68)41-27-71-70-26-40(57-43(63)34(51)21-30-13-5-3-6-14-30)47(67)54-37(22-31-15-7-4-8-16-31)45(65)55-38(23-32-24-52-35-18-10-9-17-33(32)35)46(66)53-36(19-11-12-20-50)44(64)59-42(29(2)62)49(69)58-41;1-2(3)4/h2*3-10,13-18,24,28-29,34,36-42,52,60-62H,11-12,19-23,25-27,50-51H2,1-2H3,(H,53,66)(H,54,67)(H,55,65)(H,56,68)(H,57,63)(H,58,69)(H,59,64);1H3,(H,3,4)/t2*28-,29?,34-,36+,37+,38-,39-,40+,41+,42+;/m11./s1. The van der Waals surface area contributed by atoms with Gasteiger partial charge in [-0.05, 0) is 138 Å². The van der Waals surface area contributed by atoms with Crippen molar-refractivity contribution in [2.24, 2.45) is 22.9 Å². The Balaban J connectivity index is 0.000000344. The van der Waals surface area contributed by atoms with Crippen molar-refractivity contribution < 1.29 is 108 Å². The van der Waals surface area contributed by atoms with E-state index < -0.39 is 223 Å². The molecule has 0 radical (unpaired) electrons. The molecule has 0 saturated carbocycles. The highest BCUT2D eigenvalue weighted by atomic mass is 33.1. The molecule has 2 aliphatic rings. The number of fused-ring (bicyclic) bond motifs is 2. The SMILES string of the molecule is CC(=O)O.CC(O)[C@@H]1NC(=O)[C@H](CCCCN)NC(=O)[C@@H](Cc2c[nH]c3ccccc23)NC(=O)[C@H](Cc2ccccc2)NC(=O)[C@@H](NC(=O)[C@H](N)Cc2ccccc2)CSSC[C@@H](C(=O)N[C@H](CO)[C@@H](C)O)NC1=O.CC(O)[C@@H]1NC(=O)[C@H](CCCCN)NC(=O)[C@@H](Cc2c[nH]c3ccccc23)NC(=O)[C@H](Cc2ccccc2)NC(=O)[C@@H](NC(=O)[C@H](N)Cc2ccccc2)CSSC[C@@H](C(=O)N[C@H](CO)[C@@H](C)O)NC1=O. The number of carboxylic acid groups (broad SMARTS) is 1. The van der Waals surface area contributed by atoms with Crippen LogP contribution in [0.2, 0.25) is 0 Å². The molecular formula is C100H136N20O22S4. The van der Waals surface area contributed by atoms with Gasteiger partial charge < -0.3 is 143 Å². The largest absolute Gasteiger partial charge is 0.481 e. The number of H-pyrrole nitrogens is 2. The number of carboxylic acids is 1. The predicted molar refractivity (Wildman–Crippen MR) is 557 cm³/mol. The summed E-state index contributed by atoms with van der Waals surface area (Å²) >= 11 is 0. The first-order valence-corrected chi connectivity index (χ1v) is 52.9. The lowest BCUT2D eigenvalue weighted by Gasteiger charge is -2.29. The van der Waals surface area contributed by atoms with Crippen molar-refractivity contribution in [2.45, 2.75) is 233 Å². The Hall–Kier alpha value is -12.6. The third kappa shape index (κ3) is 39.0. The second-order valence-corrected chi connectivity index (χ2v) is 40.6. The number of rotatable bonds is 34. The number of aliphatic hydroxyl groups is 6. The van der Waals surface area contributed by atoms with Gasteiger partial charge in [-0.2, -0.15) is 0 Å². The normalized spacial score (nSPS) is 22.4. The van der Waals surface area contributed by atoms with Gasteiger partial charge in [0, 0.05) is 89.8 Å². The molecule has 31 N–H and O–H groups in total. The topological polar surface area (TPSA) is 702 Å². The summed E-state index contributed by atoms with van der Waals surface area (Å²) in [4.78, 5) is 215. The first-order valence-electron chi connectivity index (χ1n) is 47.9. The lowest BCUT2D eigenvalue weighted by Crippen LogP contribution is -2.62.